The van der Waals surface area contributed by atoms with E-state index in [1.54, 1.807) is 35.1 Å². The molecule has 0 radical (unpaired) electrons. The lowest BCUT2D eigenvalue weighted by atomic mass is 10.2. The minimum Gasteiger partial charge on any atom is -0.339 e. The second-order valence-corrected chi connectivity index (χ2v) is 7.04. The molecule has 30 heavy (non-hydrogen) atoms. The highest BCUT2D eigenvalue weighted by atomic mass is 19.1. The highest BCUT2D eigenvalue weighted by Crippen LogP contribution is 2.13. The number of carbonyl (C=O) groups excluding carboxylic acids is 2. The van der Waals surface area contributed by atoms with E-state index in [0.717, 1.165) is 5.69 Å². The maximum Gasteiger partial charge on any atom is 0.293 e. The maximum absolute atomic E-state index is 13.2. The summed E-state index contributed by atoms with van der Waals surface area (Å²) < 4.78 is 14.7. The number of aromatic nitrogens is 4. The van der Waals surface area contributed by atoms with Crippen molar-refractivity contribution < 1.29 is 14.0 Å². The molecule has 8 nitrogen and oxygen atoms in total. The Bertz CT molecular complexity index is 1040. The third-order valence-electron chi connectivity index (χ3n) is 5.01. The zero-order valence-electron chi connectivity index (χ0n) is 16.5. The normalized spacial score (nSPS) is 14.1. The van der Waals surface area contributed by atoms with Crippen LogP contribution in [0.15, 0.2) is 48.7 Å². The summed E-state index contributed by atoms with van der Waals surface area (Å²) in [6.07, 6.45) is 1.91. The van der Waals surface area contributed by atoms with Gasteiger partial charge in [0.15, 0.2) is 0 Å². The first-order valence-corrected chi connectivity index (χ1v) is 9.68. The molecular formula is C21H21FN6O2. The summed E-state index contributed by atoms with van der Waals surface area (Å²) >= 11 is 0. The van der Waals surface area contributed by atoms with E-state index in [1.807, 2.05) is 18.2 Å². The van der Waals surface area contributed by atoms with Gasteiger partial charge in [0, 0.05) is 38.1 Å². The van der Waals surface area contributed by atoms with Crippen LogP contribution in [0.3, 0.4) is 0 Å². The molecular weight excluding hydrogens is 387 g/mol. The quantitative estimate of drug-likeness (QED) is 0.655. The van der Waals surface area contributed by atoms with Crippen LogP contribution in [0.1, 0.15) is 22.1 Å². The Kier molecular flexibility index (Phi) is 5.51. The number of piperazine rings is 1. The summed E-state index contributed by atoms with van der Waals surface area (Å²) in [5, 5.41) is 4.30. The average molecular weight is 408 g/mol. The summed E-state index contributed by atoms with van der Waals surface area (Å²) in [7, 11) is 0. The van der Waals surface area contributed by atoms with E-state index >= 15 is 0 Å². The Morgan fingerprint density at radius 2 is 1.70 bits per heavy atom. The smallest absolute Gasteiger partial charge is 0.293 e. The van der Waals surface area contributed by atoms with Gasteiger partial charge in [-0.25, -0.2) is 14.1 Å². The van der Waals surface area contributed by atoms with Crippen LogP contribution >= 0.6 is 0 Å². The predicted octanol–water partition coefficient (Wildman–Crippen LogP) is 1.64. The van der Waals surface area contributed by atoms with Crippen molar-refractivity contribution >= 4 is 11.8 Å². The number of carbonyl (C=O) groups is 2. The van der Waals surface area contributed by atoms with Crippen LogP contribution in [0.5, 0.6) is 0 Å². The van der Waals surface area contributed by atoms with Gasteiger partial charge in [-0.2, -0.15) is 0 Å². The van der Waals surface area contributed by atoms with Crippen molar-refractivity contribution in [3.63, 3.8) is 0 Å². The van der Waals surface area contributed by atoms with E-state index in [1.165, 1.54) is 16.8 Å². The summed E-state index contributed by atoms with van der Waals surface area (Å²) in [5.41, 5.74) is 1.36. The summed E-state index contributed by atoms with van der Waals surface area (Å²) in [5.74, 6) is -0.00588. The number of hydrogen-bond acceptors (Lipinski definition) is 5. The fraction of sp³-hybridized carbons (Fsp3) is 0.286. The number of pyridine rings is 1. The molecule has 4 rings (SSSR count). The minimum absolute atomic E-state index is 0.00430. The maximum atomic E-state index is 13.2. The molecule has 3 aromatic rings. The van der Waals surface area contributed by atoms with Crippen LogP contribution in [0.4, 0.5) is 4.39 Å². The second-order valence-electron chi connectivity index (χ2n) is 7.04. The molecule has 1 aliphatic heterocycles. The number of hydrogen-bond donors (Lipinski definition) is 0. The third-order valence-corrected chi connectivity index (χ3v) is 5.01. The molecule has 9 heteroatoms. The van der Waals surface area contributed by atoms with Gasteiger partial charge in [-0.15, -0.1) is 5.10 Å². The molecule has 0 spiro atoms. The number of rotatable bonds is 4. The minimum atomic E-state index is -0.344. The standard InChI is InChI=1S/C21H21FN6O2/c1-15-24-20(25-28(15)18-7-5-16(22)6-8-18)21(30)27-12-10-26(11-13-27)19(29)14-17-4-2-3-9-23-17/h2-9H,10-14H2,1H3. The van der Waals surface area contributed by atoms with Crippen molar-refractivity contribution in [1.82, 2.24) is 29.5 Å². The summed E-state index contributed by atoms with van der Waals surface area (Å²) in [6.45, 7) is 3.47. The molecule has 2 aromatic heterocycles. The van der Waals surface area contributed by atoms with Crippen LogP contribution in [-0.2, 0) is 11.2 Å². The topological polar surface area (TPSA) is 84.2 Å². The van der Waals surface area contributed by atoms with Crippen molar-refractivity contribution in [2.75, 3.05) is 26.2 Å². The van der Waals surface area contributed by atoms with Gasteiger partial charge >= 0.3 is 0 Å². The zero-order chi connectivity index (χ0) is 21.1. The Hall–Kier alpha value is -3.62. The van der Waals surface area contributed by atoms with Crippen LogP contribution < -0.4 is 0 Å². The Morgan fingerprint density at radius 3 is 2.37 bits per heavy atom. The van der Waals surface area contributed by atoms with Gasteiger partial charge in [0.25, 0.3) is 5.91 Å². The largest absolute Gasteiger partial charge is 0.339 e. The van der Waals surface area contributed by atoms with Gasteiger partial charge < -0.3 is 9.80 Å². The first-order chi connectivity index (χ1) is 14.5. The molecule has 1 fully saturated rings. The Labute approximate surface area is 173 Å². The molecule has 0 aliphatic carbocycles. The molecule has 0 N–H and O–H groups in total. The highest BCUT2D eigenvalue weighted by Gasteiger charge is 2.27. The number of nitrogens with zero attached hydrogens (tertiary/aromatic N) is 6. The van der Waals surface area contributed by atoms with Crippen molar-refractivity contribution in [3.8, 4) is 5.69 Å². The zero-order valence-corrected chi connectivity index (χ0v) is 16.5. The fourth-order valence-corrected chi connectivity index (χ4v) is 3.38. The van der Waals surface area contributed by atoms with Gasteiger partial charge in [0.05, 0.1) is 12.1 Å². The third kappa shape index (κ3) is 4.19. The van der Waals surface area contributed by atoms with Crippen LogP contribution in [0, 0.1) is 12.7 Å². The monoisotopic (exact) mass is 408 g/mol. The SMILES string of the molecule is Cc1nc(C(=O)N2CCN(C(=O)Cc3ccccn3)CC2)nn1-c1ccc(F)cc1. The Balaban J connectivity index is 1.38. The fourth-order valence-electron chi connectivity index (χ4n) is 3.38. The van der Waals surface area contributed by atoms with Gasteiger partial charge in [-0.05, 0) is 43.3 Å². The summed E-state index contributed by atoms with van der Waals surface area (Å²) in [6, 6.07) is 11.3. The number of halogens is 1. The van der Waals surface area contributed by atoms with E-state index in [2.05, 4.69) is 15.1 Å². The second kappa shape index (κ2) is 8.40. The van der Waals surface area contributed by atoms with E-state index in [9.17, 15) is 14.0 Å². The molecule has 1 aromatic carbocycles. The average Bonchev–Trinajstić information content (AvgIpc) is 3.16. The molecule has 0 atom stereocenters. The molecule has 0 saturated carbocycles. The van der Waals surface area contributed by atoms with Gasteiger partial charge in [0.2, 0.25) is 11.7 Å². The van der Waals surface area contributed by atoms with Crippen LogP contribution in [-0.4, -0.2) is 67.5 Å². The lowest BCUT2D eigenvalue weighted by Gasteiger charge is -2.34. The van der Waals surface area contributed by atoms with Gasteiger partial charge in [-0.1, -0.05) is 6.07 Å². The lowest BCUT2D eigenvalue weighted by Crippen LogP contribution is -2.51. The molecule has 0 unspecified atom stereocenters. The number of amides is 2. The first-order valence-electron chi connectivity index (χ1n) is 9.68. The van der Waals surface area contributed by atoms with Gasteiger partial charge in [-0.3, -0.25) is 14.6 Å². The van der Waals surface area contributed by atoms with Crippen molar-refractivity contribution in [2.24, 2.45) is 0 Å². The molecule has 1 aliphatic rings. The van der Waals surface area contributed by atoms with E-state index in [0.29, 0.717) is 37.7 Å². The predicted molar refractivity (Wildman–Crippen MR) is 106 cm³/mol. The van der Waals surface area contributed by atoms with E-state index < -0.39 is 0 Å². The molecule has 154 valence electrons. The van der Waals surface area contributed by atoms with E-state index in [-0.39, 0.29) is 29.9 Å². The molecule has 1 saturated heterocycles. The van der Waals surface area contributed by atoms with Crippen molar-refractivity contribution in [2.45, 2.75) is 13.3 Å². The summed E-state index contributed by atoms with van der Waals surface area (Å²) in [4.78, 5) is 37.2. The number of benzene rings is 1. The number of aryl methyl sites for hydroxylation is 1. The van der Waals surface area contributed by atoms with E-state index in [4.69, 9.17) is 0 Å². The van der Waals surface area contributed by atoms with Gasteiger partial charge in [0.1, 0.15) is 11.6 Å². The Morgan fingerprint density at radius 1 is 1.00 bits per heavy atom. The van der Waals surface area contributed by atoms with Crippen LogP contribution in [0.2, 0.25) is 0 Å². The molecule has 3 heterocycles. The first kappa shape index (κ1) is 19.7. The molecule has 0 bridgehead atoms. The highest BCUT2D eigenvalue weighted by molar-refractivity contribution is 5.90. The van der Waals surface area contributed by atoms with Crippen LogP contribution in [0.25, 0.3) is 5.69 Å². The van der Waals surface area contributed by atoms with Crippen molar-refractivity contribution in [1.29, 1.82) is 0 Å². The lowest BCUT2D eigenvalue weighted by molar-refractivity contribution is -0.132. The molecule has 2 amide bonds. The van der Waals surface area contributed by atoms with Crippen molar-refractivity contribution in [3.05, 3.63) is 71.8 Å².